The number of hydrogen-bond donors (Lipinski definition) is 1. The Balaban J connectivity index is 1.44. The molecule has 2 aliphatic heterocycles. The molecule has 0 saturated carbocycles. The van der Waals surface area contributed by atoms with Crippen LogP contribution in [-0.4, -0.2) is 43.7 Å². The van der Waals surface area contributed by atoms with Gasteiger partial charge in [-0.2, -0.15) is 0 Å². The minimum Gasteiger partial charge on any atom is -0.486 e. The first-order valence-electron chi connectivity index (χ1n) is 8.65. The summed E-state index contributed by atoms with van der Waals surface area (Å²) in [7, 11) is 1.52. The molecule has 0 aliphatic carbocycles. The van der Waals surface area contributed by atoms with Gasteiger partial charge in [-0.25, -0.2) is 4.98 Å². The van der Waals surface area contributed by atoms with E-state index < -0.39 is 5.92 Å². The molecule has 4 rings (SSSR count). The lowest BCUT2D eigenvalue weighted by Gasteiger charge is -2.22. The number of carbonyl (C=O) groups is 2. The van der Waals surface area contributed by atoms with Crippen LogP contribution in [0.15, 0.2) is 36.5 Å². The van der Waals surface area contributed by atoms with Crippen molar-refractivity contribution in [3.63, 3.8) is 0 Å². The average Bonchev–Trinajstić information content (AvgIpc) is 3.10. The third-order valence-electron chi connectivity index (χ3n) is 4.55. The number of ether oxygens (including phenoxy) is 3. The molecular formula is C19H19N3O5. The number of methoxy groups -OCH3 is 1. The van der Waals surface area contributed by atoms with Crippen LogP contribution in [0.4, 0.5) is 11.4 Å². The fourth-order valence-corrected chi connectivity index (χ4v) is 3.15. The van der Waals surface area contributed by atoms with Crippen molar-refractivity contribution < 1.29 is 23.8 Å². The molecule has 1 aromatic heterocycles. The van der Waals surface area contributed by atoms with Crippen molar-refractivity contribution in [1.29, 1.82) is 0 Å². The number of nitrogens with zero attached hydrogens (tertiary/aromatic N) is 2. The van der Waals surface area contributed by atoms with Crippen LogP contribution < -0.4 is 24.4 Å². The van der Waals surface area contributed by atoms with E-state index in [4.69, 9.17) is 14.2 Å². The number of fused-ring (bicyclic) bond motifs is 1. The lowest BCUT2D eigenvalue weighted by Crippen LogP contribution is -2.28. The van der Waals surface area contributed by atoms with Gasteiger partial charge in [-0.05, 0) is 18.2 Å². The van der Waals surface area contributed by atoms with Crippen LogP contribution in [0.5, 0.6) is 17.4 Å². The quantitative estimate of drug-likeness (QED) is 0.885. The standard InChI is InChI=1S/C19H19N3O5/c1-25-17-5-2-13(10-20-17)21-19(24)12-8-18(23)22(11-12)14-3-4-15-16(9-14)27-7-6-26-15/h2-5,9-10,12H,6-8,11H2,1H3,(H,21,24). The van der Waals surface area contributed by atoms with Crippen molar-refractivity contribution in [2.45, 2.75) is 6.42 Å². The molecule has 8 nitrogen and oxygen atoms in total. The summed E-state index contributed by atoms with van der Waals surface area (Å²) in [6, 6.07) is 8.74. The maximum atomic E-state index is 12.5. The summed E-state index contributed by atoms with van der Waals surface area (Å²) in [5.41, 5.74) is 1.26. The predicted octanol–water partition coefficient (Wildman–Crippen LogP) is 1.85. The van der Waals surface area contributed by atoms with Gasteiger partial charge in [0.05, 0.1) is 24.9 Å². The van der Waals surface area contributed by atoms with Crippen LogP contribution in [0, 0.1) is 5.92 Å². The van der Waals surface area contributed by atoms with E-state index in [0.29, 0.717) is 48.5 Å². The summed E-state index contributed by atoms with van der Waals surface area (Å²) in [5.74, 6) is 0.998. The highest BCUT2D eigenvalue weighted by atomic mass is 16.6. The minimum atomic E-state index is -0.437. The molecule has 27 heavy (non-hydrogen) atoms. The highest BCUT2D eigenvalue weighted by Gasteiger charge is 2.35. The van der Waals surface area contributed by atoms with E-state index in [2.05, 4.69) is 10.3 Å². The second-order valence-corrected chi connectivity index (χ2v) is 6.31. The highest BCUT2D eigenvalue weighted by Crippen LogP contribution is 2.36. The molecule has 2 aromatic rings. The zero-order chi connectivity index (χ0) is 18.8. The van der Waals surface area contributed by atoms with Crippen LogP contribution >= 0.6 is 0 Å². The number of amides is 2. The molecule has 0 radical (unpaired) electrons. The number of rotatable bonds is 4. The van der Waals surface area contributed by atoms with Gasteiger partial charge in [0, 0.05) is 30.8 Å². The molecule has 1 atom stereocenters. The van der Waals surface area contributed by atoms with Gasteiger partial charge in [0.2, 0.25) is 17.7 Å². The Bertz CT molecular complexity index is 868. The number of nitrogens with one attached hydrogen (secondary N) is 1. The van der Waals surface area contributed by atoms with Crippen molar-refractivity contribution in [2.24, 2.45) is 5.92 Å². The molecule has 8 heteroatoms. The largest absolute Gasteiger partial charge is 0.486 e. The Morgan fingerprint density at radius 1 is 1.22 bits per heavy atom. The number of aromatic nitrogens is 1. The molecule has 2 amide bonds. The van der Waals surface area contributed by atoms with Gasteiger partial charge in [-0.3, -0.25) is 9.59 Å². The van der Waals surface area contributed by atoms with E-state index in [0.717, 1.165) is 0 Å². The Morgan fingerprint density at radius 2 is 2.04 bits per heavy atom. The first kappa shape index (κ1) is 17.1. The maximum Gasteiger partial charge on any atom is 0.229 e. The molecule has 2 aliphatic rings. The molecule has 1 fully saturated rings. The zero-order valence-electron chi connectivity index (χ0n) is 14.8. The summed E-state index contributed by atoms with van der Waals surface area (Å²) >= 11 is 0. The van der Waals surface area contributed by atoms with E-state index in [1.807, 2.05) is 0 Å². The molecule has 140 valence electrons. The first-order chi connectivity index (χ1) is 13.1. The van der Waals surface area contributed by atoms with E-state index in [-0.39, 0.29) is 18.2 Å². The average molecular weight is 369 g/mol. The summed E-state index contributed by atoms with van der Waals surface area (Å²) < 4.78 is 16.1. The number of anilines is 2. The van der Waals surface area contributed by atoms with E-state index >= 15 is 0 Å². The van der Waals surface area contributed by atoms with Gasteiger partial charge in [0.1, 0.15) is 13.2 Å². The molecule has 0 spiro atoms. The minimum absolute atomic E-state index is 0.0975. The summed E-state index contributed by atoms with van der Waals surface area (Å²) in [5, 5.41) is 2.80. The van der Waals surface area contributed by atoms with Crippen molar-refractivity contribution in [3.8, 4) is 17.4 Å². The van der Waals surface area contributed by atoms with E-state index in [9.17, 15) is 9.59 Å². The molecule has 0 bridgehead atoms. The molecule has 3 heterocycles. The van der Waals surface area contributed by atoms with Gasteiger partial charge in [0.25, 0.3) is 0 Å². The Morgan fingerprint density at radius 3 is 2.78 bits per heavy atom. The Kier molecular flexibility index (Phi) is 4.53. The van der Waals surface area contributed by atoms with Crippen LogP contribution in [0.1, 0.15) is 6.42 Å². The predicted molar refractivity (Wildman–Crippen MR) is 97.3 cm³/mol. The van der Waals surface area contributed by atoms with E-state index in [1.165, 1.54) is 13.3 Å². The molecular weight excluding hydrogens is 350 g/mol. The highest BCUT2D eigenvalue weighted by molar-refractivity contribution is 6.03. The van der Waals surface area contributed by atoms with Crippen molar-refractivity contribution in [3.05, 3.63) is 36.5 Å². The smallest absolute Gasteiger partial charge is 0.229 e. The SMILES string of the molecule is COc1ccc(NC(=O)C2CC(=O)N(c3ccc4c(c3)OCCO4)C2)cn1. The molecule has 1 saturated heterocycles. The van der Waals surface area contributed by atoms with Gasteiger partial charge in [-0.15, -0.1) is 0 Å². The topological polar surface area (TPSA) is 90.0 Å². The van der Waals surface area contributed by atoms with Gasteiger partial charge in [-0.1, -0.05) is 0 Å². The van der Waals surface area contributed by atoms with Crippen molar-refractivity contribution in [2.75, 3.05) is 37.1 Å². The second kappa shape index (κ2) is 7.14. The van der Waals surface area contributed by atoms with E-state index in [1.54, 1.807) is 35.2 Å². The normalized spacial score (nSPS) is 18.3. The Labute approximate surface area is 156 Å². The monoisotopic (exact) mass is 369 g/mol. The molecule has 1 aromatic carbocycles. The number of hydrogen-bond acceptors (Lipinski definition) is 6. The second-order valence-electron chi connectivity index (χ2n) is 6.31. The van der Waals surface area contributed by atoms with Gasteiger partial charge in [0.15, 0.2) is 11.5 Å². The summed E-state index contributed by atoms with van der Waals surface area (Å²) in [6.45, 7) is 1.30. The maximum absolute atomic E-state index is 12.5. The Hall–Kier alpha value is -3.29. The fraction of sp³-hybridized carbons (Fsp3) is 0.316. The number of benzene rings is 1. The third-order valence-corrected chi connectivity index (χ3v) is 4.55. The van der Waals surface area contributed by atoms with Crippen LogP contribution in [0.2, 0.25) is 0 Å². The van der Waals surface area contributed by atoms with Crippen molar-refractivity contribution in [1.82, 2.24) is 4.98 Å². The summed E-state index contributed by atoms with van der Waals surface area (Å²) in [4.78, 5) is 30.6. The zero-order valence-corrected chi connectivity index (χ0v) is 14.8. The first-order valence-corrected chi connectivity index (χ1v) is 8.65. The van der Waals surface area contributed by atoms with Crippen LogP contribution in [0.3, 0.4) is 0 Å². The fourth-order valence-electron chi connectivity index (χ4n) is 3.15. The van der Waals surface area contributed by atoms with Crippen LogP contribution in [0.25, 0.3) is 0 Å². The number of carbonyl (C=O) groups excluding carboxylic acids is 2. The molecule has 1 unspecified atom stereocenters. The molecule has 1 N–H and O–H groups in total. The third kappa shape index (κ3) is 3.51. The summed E-state index contributed by atoms with van der Waals surface area (Å²) in [6.07, 6.45) is 1.68. The lowest BCUT2D eigenvalue weighted by atomic mass is 10.1. The van der Waals surface area contributed by atoms with Gasteiger partial charge >= 0.3 is 0 Å². The number of pyridine rings is 1. The van der Waals surface area contributed by atoms with Crippen molar-refractivity contribution >= 4 is 23.2 Å². The van der Waals surface area contributed by atoms with Gasteiger partial charge < -0.3 is 24.4 Å². The lowest BCUT2D eigenvalue weighted by molar-refractivity contribution is -0.122. The van der Waals surface area contributed by atoms with Crippen LogP contribution in [-0.2, 0) is 9.59 Å².